The highest BCUT2D eigenvalue weighted by molar-refractivity contribution is 6.04. The molecule has 1 aromatic carbocycles. The van der Waals surface area contributed by atoms with Crippen LogP contribution in [-0.2, 0) is 0 Å². The first-order valence-corrected chi connectivity index (χ1v) is 4.87. The molecule has 0 unspecified atom stereocenters. The summed E-state index contributed by atoms with van der Waals surface area (Å²) < 4.78 is 37.0. The van der Waals surface area contributed by atoms with Crippen LogP contribution < -0.4 is 5.32 Å². The summed E-state index contributed by atoms with van der Waals surface area (Å²) in [5, 5.41) is 19.3. The van der Waals surface area contributed by atoms with E-state index in [2.05, 4.69) is 5.32 Å². The number of hydrogen-bond donors (Lipinski definition) is 1. The molecule has 0 aliphatic carbocycles. The number of hydrogen-bond acceptors (Lipinski definition) is 4. The van der Waals surface area contributed by atoms with Crippen LogP contribution in [0.3, 0.4) is 0 Å². The molecule has 0 spiro atoms. The average molecular weight is 265 g/mol. The zero-order valence-electron chi connectivity index (χ0n) is 9.32. The maximum Gasteiger partial charge on any atom is 0.454 e. The first-order valence-electron chi connectivity index (χ1n) is 4.87. The zero-order valence-corrected chi connectivity index (χ0v) is 9.32. The number of nitrogens with one attached hydrogen (secondary N) is 1. The number of ketones is 1. The molecule has 0 radical (unpaired) electrons. The predicted molar refractivity (Wildman–Crippen MR) is 59.8 cm³/mol. The Hall–Kier alpha value is -2.80. The van der Waals surface area contributed by atoms with Crippen molar-refractivity contribution < 1.29 is 18.0 Å². The van der Waals surface area contributed by atoms with Crippen molar-refractivity contribution in [1.82, 2.24) is 0 Å². The summed E-state index contributed by atoms with van der Waals surface area (Å²) in [7, 11) is 0. The van der Waals surface area contributed by atoms with E-state index in [4.69, 9.17) is 10.5 Å². The third-order valence-corrected chi connectivity index (χ3v) is 2.04. The summed E-state index contributed by atoms with van der Waals surface area (Å²) in [6, 6.07) is 8.00. The van der Waals surface area contributed by atoms with Gasteiger partial charge in [0.05, 0.1) is 5.56 Å². The molecule has 19 heavy (non-hydrogen) atoms. The van der Waals surface area contributed by atoms with Gasteiger partial charge in [0.2, 0.25) is 0 Å². The van der Waals surface area contributed by atoms with Gasteiger partial charge in [-0.05, 0) is 12.1 Å². The van der Waals surface area contributed by atoms with Gasteiger partial charge in [-0.2, -0.15) is 23.7 Å². The first-order chi connectivity index (χ1) is 8.90. The Balaban J connectivity index is 3.12. The Morgan fingerprint density at radius 3 is 2.32 bits per heavy atom. The van der Waals surface area contributed by atoms with Crippen molar-refractivity contribution in [3.63, 3.8) is 0 Å². The van der Waals surface area contributed by atoms with Crippen molar-refractivity contribution in [2.24, 2.45) is 0 Å². The van der Waals surface area contributed by atoms with Crippen LogP contribution in [0.2, 0.25) is 0 Å². The molecule has 0 saturated heterocycles. The number of para-hydroxylation sites is 1. The van der Waals surface area contributed by atoms with Gasteiger partial charge in [0.1, 0.15) is 17.7 Å². The largest absolute Gasteiger partial charge is 0.454 e. The number of carbonyl (C=O) groups is 1. The summed E-state index contributed by atoms with van der Waals surface area (Å²) >= 11 is 0. The SMILES string of the molecule is N#CC(C#N)=CNc1ccccc1C(=O)C(F)(F)F. The fraction of sp³-hybridized carbons (Fsp3) is 0.0833. The van der Waals surface area contributed by atoms with Crippen LogP contribution in [0.5, 0.6) is 0 Å². The highest BCUT2D eigenvalue weighted by atomic mass is 19.4. The molecular formula is C12H6F3N3O. The number of halogens is 3. The maximum atomic E-state index is 12.3. The van der Waals surface area contributed by atoms with E-state index in [1.807, 2.05) is 0 Å². The molecule has 96 valence electrons. The standard InChI is InChI=1S/C12H6F3N3O/c13-12(14,15)11(19)9-3-1-2-4-10(9)18-7-8(5-16)6-17/h1-4,7,18H. The van der Waals surface area contributed by atoms with Crippen LogP contribution in [0.15, 0.2) is 36.0 Å². The van der Waals surface area contributed by atoms with Crippen LogP contribution in [0.25, 0.3) is 0 Å². The number of anilines is 1. The van der Waals surface area contributed by atoms with Crippen LogP contribution in [0.4, 0.5) is 18.9 Å². The lowest BCUT2D eigenvalue weighted by molar-refractivity contribution is -0.0884. The van der Waals surface area contributed by atoms with Gasteiger partial charge in [-0.3, -0.25) is 4.79 Å². The molecule has 0 heterocycles. The van der Waals surface area contributed by atoms with Gasteiger partial charge < -0.3 is 5.32 Å². The summed E-state index contributed by atoms with van der Waals surface area (Å²) in [5.74, 6) is -2.00. The fourth-order valence-electron chi connectivity index (χ4n) is 1.20. The van der Waals surface area contributed by atoms with Gasteiger partial charge in [-0.25, -0.2) is 0 Å². The Morgan fingerprint density at radius 1 is 1.21 bits per heavy atom. The Morgan fingerprint density at radius 2 is 1.79 bits per heavy atom. The minimum atomic E-state index is -4.99. The molecule has 1 aromatic rings. The van der Waals surface area contributed by atoms with E-state index in [9.17, 15) is 18.0 Å². The minimum Gasteiger partial charge on any atom is -0.359 e. The molecule has 1 rings (SSSR count). The summed E-state index contributed by atoms with van der Waals surface area (Å²) in [4.78, 5) is 11.2. The molecular weight excluding hydrogens is 259 g/mol. The predicted octanol–water partition coefficient (Wildman–Crippen LogP) is 2.77. The van der Waals surface area contributed by atoms with E-state index in [0.29, 0.717) is 0 Å². The van der Waals surface area contributed by atoms with Gasteiger partial charge in [-0.15, -0.1) is 0 Å². The summed E-state index contributed by atoms with van der Waals surface area (Å²) in [6.45, 7) is 0. The van der Waals surface area contributed by atoms with Crippen LogP contribution in [-0.4, -0.2) is 12.0 Å². The number of carbonyl (C=O) groups excluding carboxylic acids is 1. The lowest BCUT2D eigenvalue weighted by Crippen LogP contribution is -2.23. The minimum absolute atomic E-state index is 0.132. The molecule has 0 amide bonds. The molecule has 0 bridgehead atoms. The second-order valence-electron chi connectivity index (χ2n) is 3.30. The third kappa shape index (κ3) is 3.58. The second-order valence-corrected chi connectivity index (χ2v) is 3.30. The van der Waals surface area contributed by atoms with Crippen molar-refractivity contribution in [3.05, 3.63) is 41.6 Å². The monoisotopic (exact) mass is 265 g/mol. The molecule has 0 aromatic heterocycles. The lowest BCUT2D eigenvalue weighted by atomic mass is 10.1. The number of nitrogens with zero attached hydrogens (tertiary/aromatic N) is 2. The number of Topliss-reactive ketones (excluding diaryl/α,β-unsaturated/α-hetero) is 1. The second kappa shape index (κ2) is 5.69. The van der Waals surface area contributed by atoms with Crippen molar-refractivity contribution in [3.8, 4) is 12.1 Å². The third-order valence-electron chi connectivity index (χ3n) is 2.04. The van der Waals surface area contributed by atoms with E-state index >= 15 is 0 Å². The van der Waals surface area contributed by atoms with Crippen LogP contribution >= 0.6 is 0 Å². The van der Waals surface area contributed by atoms with E-state index in [1.165, 1.54) is 30.3 Å². The zero-order chi connectivity index (χ0) is 14.5. The molecule has 4 nitrogen and oxygen atoms in total. The maximum absolute atomic E-state index is 12.3. The molecule has 7 heteroatoms. The van der Waals surface area contributed by atoms with Gasteiger partial charge in [0.25, 0.3) is 5.78 Å². The van der Waals surface area contributed by atoms with Gasteiger partial charge in [-0.1, -0.05) is 12.1 Å². The van der Waals surface area contributed by atoms with Crippen molar-refractivity contribution in [1.29, 1.82) is 10.5 Å². The Bertz CT molecular complexity index is 590. The smallest absolute Gasteiger partial charge is 0.359 e. The number of alkyl halides is 3. The molecule has 0 aliphatic heterocycles. The van der Waals surface area contributed by atoms with Gasteiger partial charge in [0.15, 0.2) is 0 Å². The number of rotatable bonds is 3. The van der Waals surface area contributed by atoms with E-state index in [1.54, 1.807) is 0 Å². The highest BCUT2D eigenvalue weighted by Gasteiger charge is 2.40. The Kier molecular flexibility index (Phi) is 4.27. The van der Waals surface area contributed by atoms with E-state index < -0.39 is 17.5 Å². The van der Waals surface area contributed by atoms with E-state index in [0.717, 1.165) is 12.3 Å². The highest BCUT2D eigenvalue weighted by Crippen LogP contribution is 2.26. The normalized spacial score (nSPS) is 9.95. The van der Waals surface area contributed by atoms with Gasteiger partial charge >= 0.3 is 6.18 Å². The van der Waals surface area contributed by atoms with Gasteiger partial charge in [0, 0.05) is 11.9 Å². The van der Waals surface area contributed by atoms with E-state index in [-0.39, 0.29) is 11.3 Å². The number of nitriles is 2. The molecule has 0 fully saturated rings. The van der Waals surface area contributed by atoms with Crippen molar-refractivity contribution >= 4 is 11.5 Å². The summed E-state index contributed by atoms with van der Waals surface area (Å²) in [5.41, 5.74) is -1.04. The lowest BCUT2D eigenvalue weighted by Gasteiger charge is -2.10. The van der Waals surface area contributed by atoms with Crippen LogP contribution in [0.1, 0.15) is 10.4 Å². The molecule has 0 saturated carbocycles. The van der Waals surface area contributed by atoms with Crippen LogP contribution in [0, 0.1) is 22.7 Å². The molecule has 0 aliphatic rings. The Labute approximate surface area is 106 Å². The molecule has 0 atom stereocenters. The number of benzene rings is 1. The molecule has 1 N–H and O–H groups in total. The number of allylic oxidation sites excluding steroid dienone is 1. The average Bonchev–Trinajstić information content (AvgIpc) is 2.38. The van der Waals surface area contributed by atoms with Crippen molar-refractivity contribution in [2.75, 3.05) is 5.32 Å². The summed E-state index contributed by atoms with van der Waals surface area (Å²) in [6.07, 6.45) is -4.06. The quantitative estimate of drug-likeness (QED) is 0.673. The van der Waals surface area contributed by atoms with Crippen molar-refractivity contribution in [2.45, 2.75) is 6.18 Å². The topological polar surface area (TPSA) is 76.7 Å². The first kappa shape index (κ1) is 14.3. The fourth-order valence-corrected chi connectivity index (χ4v) is 1.20.